The third-order valence-corrected chi connectivity index (χ3v) is 3.84. The van der Waals surface area contributed by atoms with Crippen molar-refractivity contribution in [3.63, 3.8) is 0 Å². The summed E-state index contributed by atoms with van der Waals surface area (Å²) in [5.74, 6) is 2.84. The lowest BCUT2D eigenvalue weighted by Gasteiger charge is -2.05. The van der Waals surface area contributed by atoms with E-state index in [0.29, 0.717) is 39.3 Å². The van der Waals surface area contributed by atoms with Crippen molar-refractivity contribution in [3.05, 3.63) is 35.0 Å². The zero-order valence-corrected chi connectivity index (χ0v) is 13.4. The van der Waals surface area contributed by atoms with E-state index in [1.165, 1.54) is 11.8 Å². The van der Waals surface area contributed by atoms with Crippen LogP contribution >= 0.6 is 23.4 Å². The second-order valence-electron chi connectivity index (χ2n) is 4.31. The minimum absolute atomic E-state index is 0.505. The molecule has 0 aliphatic heterocycles. The Balaban J connectivity index is 1.77. The number of aromatic amines is 1. The lowest BCUT2D eigenvalue weighted by Crippen LogP contribution is -1.89. The van der Waals surface area contributed by atoms with Crippen molar-refractivity contribution in [2.75, 3.05) is 7.11 Å². The van der Waals surface area contributed by atoms with Crippen molar-refractivity contribution >= 4 is 23.4 Å². The summed E-state index contributed by atoms with van der Waals surface area (Å²) in [6.45, 7) is 1.75. The van der Waals surface area contributed by atoms with Gasteiger partial charge in [0.25, 0.3) is 0 Å². The van der Waals surface area contributed by atoms with Crippen molar-refractivity contribution in [3.8, 4) is 17.1 Å². The highest BCUT2D eigenvalue weighted by molar-refractivity contribution is 7.98. The number of methoxy groups -OCH3 is 1. The molecule has 0 fully saturated rings. The molecule has 2 aromatic heterocycles. The number of hydrogen-bond donors (Lipinski definition) is 1. The largest absolute Gasteiger partial charge is 0.496 e. The van der Waals surface area contributed by atoms with E-state index < -0.39 is 0 Å². The van der Waals surface area contributed by atoms with Gasteiger partial charge in [-0.15, -0.1) is 15.3 Å². The summed E-state index contributed by atoms with van der Waals surface area (Å²) < 4.78 is 10.6. The molecular weight excluding hydrogens is 326 g/mol. The van der Waals surface area contributed by atoms with E-state index in [0.717, 1.165) is 5.56 Å². The van der Waals surface area contributed by atoms with Crippen molar-refractivity contribution in [2.45, 2.75) is 17.8 Å². The van der Waals surface area contributed by atoms with E-state index in [-0.39, 0.29) is 0 Å². The zero-order chi connectivity index (χ0) is 15.5. The van der Waals surface area contributed by atoms with E-state index in [4.69, 9.17) is 20.8 Å². The Morgan fingerprint density at radius 2 is 2.23 bits per heavy atom. The predicted molar refractivity (Wildman–Crippen MR) is 82.0 cm³/mol. The van der Waals surface area contributed by atoms with Crippen LogP contribution in [0.15, 0.2) is 27.8 Å². The SMILES string of the molecule is COc1ccc(Cl)cc1-c1nc(SCc2nnc(C)o2)n[nH]1. The van der Waals surface area contributed by atoms with Crippen LogP contribution in [-0.4, -0.2) is 32.5 Å². The van der Waals surface area contributed by atoms with E-state index >= 15 is 0 Å². The first-order chi connectivity index (χ1) is 10.7. The van der Waals surface area contributed by atoms with Crippen LogP contribution in [0.1, 0.15) is 11.8 Å². The second-order valence-corrected chi connectivity index (χ2v) is 5.69. The summed E-state index contributed by atoms with van der Waals surface area (Å²) in [5.41, 5.74) is 0.753. The summed E-state index contributed by atoms with van der Waals surface area (Å²) in [7, 11) is 1.59. The van der Waals surface area contributed by atoms with Crippen LogP contribution < -0.4 is 4.74 Å². The maximum Gasteiger partial charge on any atom is 0.226 e. The first kappa shape index (κ1) is 14.9. The van der Waals surface area contributed by atoms with Crippen LogP contribution in [0, 0.1) is 6.92 Å². The van der Waals surface area contributed by atoms with Crippen molar-refractivity contribution < 1.29 is 9.15 Å². The number of aryl methyl sites for hydroxylation is 1. The van der Waals surface area contributed by atoms with E-state index in [1.54, 1.807) is 32.2 Å². The molecule has 3 rings (SSSR count). The predicted octanol–water partition coefficient (Wildman–Crippen LogP) is 3.12. The Morgan fingerprint density at radius 1 is 1.36 bits per heavy atom. The molecule has 0 amide bonds. The van der Waals surface area contributed by atoms with Gasteiger partial charge >= 0.3 is 0 Å². The zero-order valence-electron chi connectivity index (χ0n) is 11.8. The molecular formula is C13H12ClN5O2S. The third-order valence-electron chi connectivity index (χ3n) is 2.77. The number of hydrogen-bond acceptors (Lipinski definition) is 7. The van der Waals surface area contributed by atoms with Gasteiger partial charge in [0.05, 0.1) is 18.4 Å². The normalized spacial score (nSPS) is 10.9. The number of H-pyrrole nitrogens is 1. The number of nitrogens with zero attached hydrogens (tertiary/aromatic N) is 4. The Labute approximate surface area is 135 Å². The van der Waals surface area contributed by atoms with Gasteiger partial charge in [-0.3, -0.25) is 5.10 Å². The van der Waals surface area contributed by atoms with Gasteiger partial charge in [-0.25, -0.2) is 4.98 Å². The van der Waals surface area contributed by atoms with Gasteiger partial charge in [-0.05, 0) is 18.2 Å². The molecule has 0 bridgehead atoms. The van der Waals surface area contributed by atoms with Crippen molar-refractivity contribution in [2.24, 2.45) is 0 Å². The Morgan fingerprint density at radius 3 is 2.95 bits per heavy atom. The molecule has 1 N–H and O–H groups in total. The fourth-order valence-electron chi connectivity index (χ4n) is 1.82. The summed E-state index contributed by atoms with van der Waals surface area (Å²) in [4.78, 5) is 4.42. The van der Waals surface area contributed by atoms with Crippen molar-refractivity contribution in [1.82, 2.24) is 25.4 Å². The molecule has 3 aromatic rings. The van der Waals surface area contributed by atoms with Gasteiger partial charge in [-0.1, -0.05) is 23.4 Å². The lowest BCUT2D eigenvalue weighted by molar-refractivity contribution is 0.416. The maximum atomic E-state index is 6.02. The molecule has 0 aliphatic carbocycles. The van der Waals surface area contributed by atoms with Crippen molar-refractivity contribution in [1.29, 1.82) is 0 Å². The highest BCUT2D eigenvalue weighted by Crippen LogP contribution is 2.31. The van der Waals surface area contributed by atoms with Crippen LogP contribution in [0.5, 0.6) is 5.75 Å². The first-order valence-corrected chi connectivity index (χ1v) is 7.70. The number of halogens is 1. The minimum atomic E-state index is 0.505. The molecule has 0 radical (unpaired) electrons. The monoisotopic (exact) mass is 337 g/mol. The third kappa shape index (κ3) is 3.23. The molecule has 0 spiro atoms. The topological polar surface area (TPSA) is 89.7 Å². The number of aromatic nitrogens is 5. The summed E-state index contributed by atoms with van der Waals surface area (Å²) in [6.07, 6.45) is 0. The molecule has 7 nitrogen and oxygen atoms in total. The van der Waals surface area contributed by atoms with E-state index in [1.807, 2.05) is 0 Å². The fourth-order valence-corrected chi connectivity index (χ4v) is 2.63. The lowest BCUT2D eigenvalue weighted by atomic mass is 10.2. The molecule has 9 heteroatoms. The first-order valence-electron chi connectivity index (χ1n) is 6.34. The quantitative estimate of drug-likeness (QED) is 0.715. The second kappa shape index (κ2) is 6.37. The summed E-state index contributed by atoms with van der Waals surface area (Å²) in [6, 6.07) is 5.32. The van der Waals surface area contributed by atoms with Crippen LogP contribution in [0.25, 0.3) is 11.4 Å². The number of thioether (sulfide) groups is 1. The molecule has 0 unspecified atom stereocenters. The van der Waals surface area contributed by atoms with E-state index in [2.05, 4.69) is 25.4 Å². The number of nitrogens with one attached hydrogen (secondary N) is 1. The van der Waals surface area contributed by atoms with Gasteiger partial charge in [0.15, 0.2) is 5.82 Å². The summed E-state index contributed by atoms with van der Waals surface area (Å²) in [5, 5.41) is 15.9. The Hall–Kier alpha value is -2.06. The summed E-state index contributed by atoms with van der Waals surface area (Å²) >= 11 is 7.42. The molecule has 114 valence electrons. The molecule has 0 aliphatic rings. The van der Waals surface area contributed by atoms with Crippen LogP contribution in [0.4, 0.5) is 0 Å². The highest BCUT2D eigenvalue weighted by Gasteiger charge is 2.13. The number of ether oxygens (including phenoxy) is 1. The smallest absolute Gasteiger partial charge is 0.226 e. The standard InChI is InChI=1S/C13H12ClN5O2S/c1-7-16-17-11(21-7)6-22-13-15-12(18-19-13)9-5-8(14)3-4-10(9)20-2/h3-5H,6H2,1-2H3,(H,15,18,19). The molecule has 0 atom stereocenters. The molecule has 22 heavy (non-hydrogen) atoms. The van der Waals surface area contributed by atoms with Gasteiger partial charge in [0, 0.05) is 11.9 Å². The molecule has 0 saturated heterocycles. The van der Waals surface area contributed by atoms with Gasteiger partial charge in [0.2, 0.25) is 16.9 Å². The average Bonchev–Trinajstić information content (AvgIpc) is 3.14. The molecule has 0 saturated carbocycles. The minimum Gasteiger partial charge on any atom is -0.496 e. The average molecular weight is 338 g/mol. The number of rotatable bonds is 5. The number of benzene rings is 1. The molecule has 1 aromatic carbocycles. The highest BCUT2D eigenvalue weighted by atomic mass is 35.5. The van der Waals surface area contributed by atoms with Crippen LogP contribution in [0.3, 0.4) is 0 Å². The Bertz CT molecular complexity index is 788. The van der Waals surface area contributed by atoms with Gasteiger partial charge < -0.3 is 9.15 Å². The van der Waals surface area contributed by atoms with E-state index in [9.17, 15) is 0 Å². The van der Waals surface area contributed by atoms with Gasteiger partial charge in [0.1, 0.15) is 5.75 Å². The maximum absolute atomic E-state index is 6.02. The van der Waals surface area contributed by atoms with Crippen LogP contribution in [0.2, 0.25) is 5.02 Å². The molecule has 2 heterocycles. The Kier molecular flexibility index (Phi) is 4.30. The fraction of sp³-hybridized carbons (Fsp3) is 0.231. The van der Waals surface area contributed by atoms with Crippen LogP contribution in [-0.2, 0) is 5.75 Å². The van der Waals surface area contributed by atoms with Gasteiger partial charge in [-0.2, -0.15) is 0 Å².